The number of thiocarbonyl (C=S) groups is 1. The fourth-order valence-corrected chi connectivity index (χ4v) is 3.73. The summed E-state index contributed by atoms with van der Waals surface area (Å²) < 4.78 is 0. The molecule has 2 aromatic heterocycles. The average molecular weight is 289 g/mol. The number of thiophene rings is 1. The molecule has 3 heterocycles. The van der Waals surface area contributed by atoms with Gasteiger partial charge in [0.15, 0.2) is 5.11 Å². The highest BCUT2D eigenvalue weighted by atomic mass is 32.1. The summed E-state index contributed by atoms with van der Waals surface area (Å²) in [6.07, 6.45) is 1.83. The molecular weight excluding hydrogens is 274 g/mol. The van der Waals surface area contributed by atoms with Crippen molar-refractivity contribution in [1.82, 2.24) is 15.2 Å². The molecule has 0 spiro atoms. The number of aromatic nitrogens is 1. The van der Waals surface area contributed by atoms with Crippen molar-refractivity contribution in [2.45, 2.75) is 19.0 Å². The van der Waals surface area contributed by atoms with Crippen LogP contribution in [0, 0.1) is 6.92 Å². The molecule has 2 aromatic rings. The van der Waals surface area contributed by atoms with Crippen LogP contribution in [0.2, 0.25) is 0 Å². The van der Waals surface area contributed by atoms with Gasteiger partial charge in [-0.25, -0.2) is 0 Å². The molecule has 0 saturated carbocycles. The van der Waals surface area contributed by atoms with Crippen molar-refractivity contribution >= 4 is 28.7 Å². The number of hydrogen-bond donors (Lipinski definition) is 1. The van der Waals surface area contributed by atoms with Crippen LogP contribution < -0.4 is 5.32 Å². The Labute approximate surface area is 122 Å². The molecule has 0 unspecified atom stereocenters. The number of hydrogen-bond acceptors (Lipinski definition) is 3. The highest BCUT2D eigenvalue weighted by Crippen LogP contribution is 2.39. The van der Waals surface area contributed by atoms with Crippen LogP contribution in [0.1, 0.15) is 27.5 Å². The molecule has 1 fully saturated rings. The molecule has 2 atom stereocenters. The lowest BCUT2D eigenvalue weighted by Crippen LogP contribution is -2.24. The van der Waals surface area contributed by atoms with E-state index in [1.54, 1.807) is 0 Å². The Bertz CT molecular complexity index is 594. The van der Waals surface area contributed by atoms with Gasteiger partial charge in [0.2, 0.25) is 0 Å². The van der Waals surface area contributed by atoms with Gasteiger partial charge in [-0.15, -0.1) is 11.3 Å². The highest BCUT2D eigenvalue weighted by molar-refractivity contribution is 7.80. The predicted octanol–water partition coefficient (Wildman–Crippen LogP) is 3.05. The minimum Gasteiger partial charge on any atom is -0.352 e. The van der Waals surface area contributed by atoms with E-state index in [2.05, 4.69) is 34.3 Å². The maximum absolute atomic E-state index is 5.39. The third-order valence-corrected chi connectivity index (χ3v) is 4.87. The maximum Gasteiger partial charge on any atom is 0.169 e. The van der Waals surface area contributed by atoms with Gasteiger partial charge >= 0.3 is 0 Å². The summed E-state index contributed by atoms with van der Waals surface area (Å²) in [6.45, 7) is 2.13. The number of aryl methyl sites for hydroxylation is 1. The third kappa shape index (κ3) is 2.24. The predicted molar refractivity (Wildman–Crippen MR) is 82.3 cm³/mol. The fraction of sp³-hybridized carbons (Fsp3) is 0.286. The minimum atomic E-state index is 0.122. The van der Waals surface area contributed by atoms with E-state index in [0.717, 1.165) is 10.8 Å². The SMILES string of the molecule is Cc1ccc([C@@H]2[C@@H](c3ccccn3)NC(=S)N2C)s1. The summed E-state index contributed by atoms with van der Waals surface area (Å²) in [5.41, 5.74) is 1.03. The van der Waals surface area contributed by atoms with E-state index in [0.29, 0.717) is 0 Å². The Morgan fingerprint density at radius 1 is 1.32 bits per heavy atom. The zero-order valence-corrected chi connectivity index (χ0v) is 12.5. The van der Waals surface area contributed by atoms with Crippen LogP contribution in [-0.4, -0.2) is 22.0 Å². The number of rotatable bonds is 2. The van der Waals surface area contributed by atoms with Crippen LogP contribution in [0.15, 0.2) is 36.5 Å². The summed E-state index contributed by atoms with van der Waals surface area (Å²) in [4.78, 5) is 9.24. The first-order valence-electron chi connectivity index (χ1n) is 6.17. The molecular formula is C14H15N3S2. The minimum absolute atomic E-state index is 0.122. The van der Waals surface area contributed by atoms with Gasteiger partial charge in [-0.05, 0) is 43.4 Å². The lowest BCUT2D eigenvalue weighted by molar-refractivity contribution is 0.374. The van der Waals surface area contributed by atoms with Crippen LogP contribution in [0.25, 0.3) is 0 Å². The number of pyridine rings is 1. The number of nitrogens with one attached hydrogen (secondary N) is 1. The van der Waals surface area contributed by atoms with Crippen LogP contribution >= 0.6 is 23.6 Å². The zero-order valence-electron chi connectivity index (χ0n) is 10.8. The molecule has 0 bridgehead atoms. The van der Waals surface area contributed by atoms with Crippen LogP contribution in [0.3, 0.4) is 0 Å². The van der Waals surface area contributed by atoms with Gasteiger partial charge in [0.05, 0.1) is 17.8 Å². The van der Waals surface area contributed by atoms with E-state index in [4.69, 9.17) is 12.2 Å². The van der Waals surface area contributed by atoms with E-state index in [9.17, 15) is 0 Å². The molecule has 1 saturated heterocycles. The average Bonchev–Trinajstić information content (AvgIpc) is 2.96. The summed E-state index contributed by atoms with van der Waals surface area (Å²) in [7, 11) is 2.04. The summed E-state index contributed by atoms with van der Waals surface area (Å²) in [6, 6.07) is 10.7. The van der Waals surface area contributed by atoms with Gasteiger partial charge < -0.3 is 10.2 Å². The fourth-order valence-electron chi connectivity index (χ4n) is 2.43. The van der Waals surface area contributed by atoms with Crippen LogP contribution in [-0.2, 0) is 0 Å². The molecule has 1 N–H and O–H groups in total. The first kappa shape index (κ1) is 12.6. The molecule has 0 aliphatic carbocycles. The van der Waals surface area contributed by atoms with Gasteiger partial charge in [-0.2, -0.15) is 0 Å². The van der Waals surface area contributed by atoms with Crippen molar-refractivity contribution in [2.75, 3.05) is 7.05 Å². The van der Waals surface area contributed by atoms with E-state index >= 15 is 0 Å². The Morgan fingerprint density at radius 3 is 2.79 bits per heavy atom. The Hall–Kier alpha value is -1.46. The topological polar surface area (TPSA) is 28.2 Å². The Balaban J connectivity index is 2.01. The summed E-state index contributed by atoms with van der Waals surface area (Å²) in [5.74, 6) is 0. The van der Waals surface area contributed by atoms with E-state index < -0.39 is 0 Å². The zero-order chi connectivity index (χ0) is 13.4. The molecule has 0 amide bonds. The van der Waals surface area contributed by atoms with E-state index in [1.807, 2.05) is 42.8 Å². The summed E-state index contributed by atoms with van der Waals surface area (Å²) in [5, 5.41) is 4.16. The monoisotopic (exact) mass is 289 g/mol. The molecule has 19 heavy (non-hydrogen) atoms. The third-order valence-electron chi connectivity index (χ3n) is 3.39. The highest BCUT2D eigenvalue weighted by Gasteiger charge is 2.38. The molecule has 1 aliphatic rings. The van der Waals surface area contributed by atoms with Gasteiger partial charge in [0.1, 0.15) is 0 Å². The Morgan fingerprint density at radius 2 is 2.16 bits per heavy atom. The number of likely N-dealkylation sites (N-methyl/N-ethyl adjacent to an activating group) is 1. The second-order valence-corrected chi connectivity index (χ2v) is 6.39. The largest absolute Gasteiger partial charge is 0.352 e. The Kier molecular flexibility index (Phi) is 3.24. The second kappa shape index (κ2) is 4.90. The normalized spacial score (nSPS) is 22.6. The molecule has 0 aromatic carbocycles. The maximum atomic E-state index is 5.39. The smallest absolute Gasteiger partial charge is 0.169 e. The molecule has 98 valence electrons. The van der Waals surface area contributed by atoms with Crippen molar-refractivity contribution in [3.05, 3.63) is 52.0 Å². The standard InChI is InChI=1S/C14H15N3S2/c1-9-6-7-11(19-9)13-12(16-14(18)17(13)2)10-5-3-4-8-15-10/h3-8,12-13H,1-2H3,(H,16,18)/t12-,13-/m1/s1. The lowest BCUT2D eigenvalue weighted by atomic mass is 10.0. The molecule has 3 rings (SSSR count). The molecule has 0 radical (unpaired) electrons. The molecule has 3 nitrogen and oxygen atoms in total. The first-order chi connectivity index (χ1) is 9.16. The second-order valence-electron chi connectivity index (χ2n) is 4.69. The van der Waals surface area contributed by atoms with Gasteiger partial charge in [-0.3, -0.25) is 4.98 Å². The van der Waals surface area contributed by atoms with Crippen molar-refractivity contribution in [1.29, 1.82) is 0 Å². The van der Waals surface area contributed by atoms with Crippen molar-refractivity contribution in [3.8, 4) is 0 Å². The quantitative estimate of drug-likeness (QED) is 0.860. The lowest BCUT2D eigenvalue weighted by Gasteiger charge is -2.22. The van der Waals surface area contributed by atoms with Crippen LogP contribution in [0.5, 0.6) is 0 Å². The molecule has 5 heteroatoms. The van der Waals surface area contributed by atoms with Crippen molar-refractivity contribution < 1.29 is 0 Å². The van der Waals surface area contributed by atoms with E-state index in [1.165, 1.54) is 9.75 Å². The van der Waals surface area contributed by atoms with Gasteiger partial charge in [0, 0.05) is 23.0 Å². The van der Waals surface area contributed by atoms with E-state index in [-0.39, 0.29) is 12.1 Å². The van der Waals surface area contributed by atoms with Crippen LogP contribution in [0.4, 0.5) is 0 Å². The number of nitrogens with zero attached hydrogens (tertiary/aromatic N) is 2. The summed E-state index contributed by atoms with van der Waals surface area (Å²) >= 11 is 7.21. The van der Waals surface area contributed by atoms with Gasteiger partial charge in [0.25, 0.3) is 0 Å². The molecule has 1 aliphatic heterocycles. The van der Waals surface area contributed by atoms with Crippen molar-refractivity contribution in [2.24, 2.45) is 0 Å². The van der Waals surface area contributed by atoms with Crippen molar-refractivity contribution in [3.63, 3.8) is 0 Å². The first-order valence-corrected chi connectivity index (χ1v) is 7.40. The van der Waals surface area contributed by atoms with Gasteiger partial charge in [-0.1, -0.05) is 6.07 Å².